The Bertz CT molecular complexity index is 133. The van der Waals surface area contributed by atoms with Crippen molar-refractivity contribution in [2.24, 2.45) is 0 Å². The normalized spacial score (nSPS) is 9.58. The second kappa shape index (κ2) is 7.13. The van der Waals surface area contributed by atoms with Crippen molar-refractivity contribution in [3.63, 3.8) is 0 Å². The van der Waals surface area contributed by atoms with E-state index in [9.17, 15) is 4.79 Å². The average molecular weight is 198 g/mol. The third kappa shape index (κ3) is 6.19. The van der Waals surface area contributed by atoms with Gasteiger partial charge in [-0.05, 0) is 0 Å². The molecule has 0 bridgehead atoms. The second-order valence-electron chi connectivity index (χ2n) is 1.72. The predicted molar refractivity (Wildman–Crippen MR) is 40.2 cm³/mol. The fourth-order valence-corrected chi connectivity index (χ4v) is 0.666. The van der Waals surface area contributed by atoms with Crippen LogP contribution in [0.2, 0.25) is 0 Å². The van der Waals surface area contributed by atoms with Crippen LogP contribution in [0, 0.1) is 0 Å². The van der Waals surface area contributed by atoms with Gasteiger partial charge < -0.3 is 5.32 Å². The molecule has 0 rings (SSSR count). The number of carbonyl (C=O) groups excluding carboxylic acids is 1. The Morgan fingerprint density at radius 3 is 2.92 bits per heavy atom. The average Bonchev–Trinajstić information content (AvgIpc) is 2.03. The molecule has 2 amide bonds. The summed E-state index contributed by atoms with van der Waals surface area (Å²) < 4.78 is 4.02. The first-order chi connectivity index (χ1) is 5.68. The summed E-state index contributed by atoms with van der Waals surface area (Å²) in [4.78, 5) is 10.6. The van der Waals surface area contributed by atoms with Gasteiger partial charge in [0.1, 0.15) is 0 Å². The summed E-state index contributed by atoms with van der Waals surface area (Å²) in [5.74, 6) is 0.389. The maximum absolute atomic E-state index is 10.6. The van der Waals surface area contributed by atoms with Crippen molar-refractivity contribution in [2.75, 3.05) is 19.3 Å². The molecule has 0 aliphatic carbocycles. The van der Waals surface area contributed by atoms with E-state index in [-0.39, 0.29) is 6.54 Å². The Morgan fingerprint density at radius 2 is 2.42 bits per heavy atom. The van der Waals surface area contributed by atoms with E-state index in [2.05, 4.69) is 14.7 Å². The van der Waals surface area contributed by atoms with E-state index in [1.165, 1.54) is 7.05 Å². The van der Waals surface area contributed by atoms with Crippen LogP contribution in [0.1, 0.15) is 0 Å². The number of amides is 2. The summed E-state index contributed by atoms with van der Waals surface area (Å²) in [5.41, 5.74) is 0. The van der Waals surface area contributed by atoms with Crippen molar-refractivity contribution in [2.45, 2.75) is 0 Å². The van der Waals surface area contributed by atoms with Gasteiger partial charge in [0, 0.05) is 31.4 Å². The molecule has 0 unspecified atom stereocenters. The lowest BCUT2D eigenvalue weighted by Crippen LogP contribution is -2.36. The number of nitrogens with one attached hydrogen (secondary N) is 1. The third-order valence-corrected chi connectivity index (χ3v) is 1.36. The molecule has 0 radical (unpaired) electrons. The van der Waals surface area contributed by atoms with Crippen LogP contribution >= 0.6 is 12.0 Å². The lowest BCUT2D eigenvalue weighted by Gasteiger charge is -2.08. The zero-order chi connectivity index (χ0) is 9.40. The van der Waals surface area contributed by atoms with Gasteiger partial charge in [0.2, 0.25) is 0 Å². The lowest BCUT2D eigenvalue weighted by atomic mass is 10.7. The van der Waals surface area contributed by atoms with Crippen molar-refractivity contribution >= 4 is 18.1 Å². The van der Waals surface area contributed by atoms with Crippen LogP contribution in [0.5, 0.6) is 0 Å². The Kier molecular flexibility index (Phi) is 6.81. The molecular weight excluding hydrogens is 188 g/mol. The first-order valence-corrected chi connectivity index (χ1v) is 3.89. The van der Waals surface area contributed by atoms with E-state index in [4.69, 9.17) is 10.5 Å². The number of hydroxylamine groups is 2. The number of carbonyl (C=O) groups is 1. The van der Waals surface area contributed by atoms with Gasteiger partial charge in [0.25, 0.3) is 0 Å². The van der Waals surface area contributed by atoms with Crippen molar-refractivity contribution in [1.82, 2.24) is 10.4 Å². The van der Waals surface area contributed by atoms with E-state index < -0.39 is 6.03 Å². The Labute approximate surface area is 73.3 Å². The van der Waals surface area contributed by atoms with Gasteiger partial charge in [0.15, 0.2) is 0 Å². The molecule has 0 spiro atoms. The molecule has 12 heavy (non-hydrogen) atoms. The molecule has 0 heterocycles. The monoisotopic (exact) mass is 198 g/mol. The zero-order valence-corrected chi connectivity index (χ0v) is 7.21. The highest BCUT2D eigenvalue weighted by molar-refractivity contribution is 7.94. The molecule has 0 atom stereocenters. The topological polar surface area (TPSA) is 91.3 Å². The van der Waals surface area contributed by atoms with Crippen molar-refractivity contribution in [3.05, 3.63) is 0 Å². The first kappa shape index (κ1) is 11.5. The van der Waals surface area contributed by atoms with Gasteiger partial charge in [-0.15, -0.1) is 4.33 Å². The molecule has 0 saturated heterocycles. The fraction of sp³-hybridized carbons (Fsp3) is 0.750. The highest BCUT2D eigenvalue weighted by Gasteiger charge is 2.02. The Morgan fingerprint density at radius 1 is 1.75 bits per heavy atom. The van der Waals surface area contributed by atoms with E-state index in [1.54, 1.807) is 0 Å². The van der Waals surface area contributed by atoms with Crippen LogP contribution in [0.4, 0.5) is 4.79 Å². The van der Waals surface area contributed by atoms with E-state index in [0.717, 1.165) is 12.0 Å². The summed E-state index contributed by atoms with van der Waals surface area (Å²) in [7, 11) is 1.20. The minimum Gasteiger partial charge on any atom is -0.335 e. The highest BCUT2D eigenvalue weighted by atomic mass is 32.2. The molecule has 0 aliphatic rings. The summed E-state index contributed by atoms with van der Waals surface area (Å²) in [5, 5.41) is 22.3. The van der Waals surface area contributed by atoms with E-state index in [1.807, 2.05) is 0 Å². The minimum absolute atomic E-state index is 0.289. The third-order valence-electron chi connectivity index (χ3n) is 0.834. The van der Waals surface area contributed by atoms with Gasteiger partial charge >= 0.3 is 6.03 Å². The maximum Gasteiger partial charge on any atom is 0.340 e. The largest absolute Gasteiger partial charge is 0.340 e. The van der Waals surface area contributed by atoms with Crippen LogP contribution in [0.15, 0.2) is 0 Å². The predicted octanol–water partition coefficient (Wildman–Crippen LogP) is 0.0864. The highest BCUT2D eigenvalue weighted by Crippen LogP contribution is 1.99. The Balaban J connectivity index is 3.14. The summed E-state index contributed by atoms with van der Waals surface area (Å²) >= 11 is 0.820. The molecule has 3 N–H and O–H groups in total. The summed E-state index contributed by atoms with van der Waals surface area (Å²) in [6.07, 6.45) is 0. The molecule has 0 aromatic heterocycles. The fourth-order valence-electron chi connectivity index (χ4n) is 0.370. The number of urea groups is 1. The standard InChI is InChI=1S/C4H10N2O5S/c1-6(8)4(7)5-2-3-12-11-10-9/h8-9H,2-3H2,1H3,(H,5,7). The number of hydrogen-bond acceptors (Lipinski definition) is 6. The lowest BCUT2D eigenvalue weighted by molar-refractivity contribution is -0.432. The van der Waals surface area contributed by atoms with Crippen LogP contribution in [0.25, 0.3) is 0 Å². The SMILES string of the molecule is CN(O)C(=O)NCCSOOO. The minimum atomic E-state index is -0.611. The van der Waals surface area contributed by atoms with Gasteiger partial charge in [0.05, 0.1) is 0 Å². The van der Waals surface area contributed by atoms with Gasteiger partial charge in [-0.3, -0.25) is 5.21 Å². The molecule has 8 heteroatoms. The Hall–Kier alpha value is -0.540. The van der Waals surface area contributed by atoms with Gasteiger partial charge in [-0.25, -0.2) is 15.1 Å². The summed E-state index contributed by atoms with van der Waals surface area (Å²) in [6, 6.07) is -0.611. The van der Waals surface area contributed by atoms with Crippen LogP contribution in [0.3, 0.4) is 0 Å². The molecule has 0 aromatic rings. The molecule has 0 aromatic carbocycles. The molecule has 0 fully saturated rings. The number of rotatable bonds is 5. The zero-order valence-electron chi connectivity index (χ0n) is 6.39. The molecule has 7 nitrogen and oxygen atoms in total. The first-order valence-electron chi connectivity index (χ1n) is 2.98. The van der Waals surface area contributed by atoms with Crippen LogP contribution in [-0.2, 0) is 9.37 Å². The molecular formula is C4H10N2O5S. The van der Waals surface area contributed by atoms with E-state index >= 15 is 0 Å². The van der Waals surface area contributed by atoms with Crippen LogP contribution in [-0.4, -0.2) is 40.9 Å². The van der Waals surface area contributed by atoms with Gasteiger partial charge in [-0.1, -0.05) is 5.04 Å². The summed E-state index contributed by atoms with van der Waals surface area (Å²) in [6.45, 7) is 0.289. The number of hydrogen-bond donors (Lipinski definition) is 3. The van der Waals surface area contributed by atoms with Crippen molar-refractivity contribution in [3.8, 4) is 0 Å². The number of nitrogens with zero attached hydrogens (tertiary/aromatic N) is 1. The smallest absolute Gasteiger partial charge is 0.335 e. The maximum atomic E-state index is 10.6. The van der Waals surface area contributed by atoms with E-state index in [0.29, 0.717) is 10.8 Å². The van der Waals surface area contributed by atoms with Crippen molar-refractivity contribution < 1.29 is 24.6 Å². The van der Waals surface area contributed by atoms with Crippen molar-refractivity contribution in [1.29, 1.82) is 0 Å². The van der Waals surface area contributed by atoms with Crippen LogP contribution < -0.4 is 5.32 Å². The van der Waals surface area contributed by atoms with Gasteiger partial charge in [-0.2, -0.15) is 0 Å². The molecule has 0 aliphatic heterocycles. The second-order valence-corrected chi connectivity index (χ2v) is 2.50. The molecule has 72 valence electrons. The quantitative estimate of drug-likeness (QED) is 0.190. The molecule has 0 saturated carbocycles.